The molecule has 0 spiro atoms. The van der Waals surface area contributed by atoms with E-state index in [1.54, 1.807) is 0 Å². The van der Waals surface area contributed by atoms with Crippen molar-refractivity contribution in [1.29, 1.82) is 0 Å². The second-order valence-corrected chi connectivity index (χ2v) is 9.43. The predicted molar refractivity (Wildman–Crippen MR) is 118 cm³/mol. The third-order valence-electron chi connectivity index (χ3n) is 7.52. The number of rotatable bonds is 7. The Balaban J connectivity index is 1.21. The highest BCUT2D eigenvalue weighted by Crippen LogP contribution is 2.58. The van der Waals surface area contributed by atoms with Gasteiger partial charge in [-0.2, -0.15) is 5.10 Å². The van der Waals surface area contributed by atoms with Gasteiger partial charge in [-0.1, -0.05) is 6.42 Å². The van der Waals surface area contributed by atoms with E-state index in [9.17, 15) is 4.79 Å². The Morgan fingerprint density at radius 1 is 1.23 bits per heavy atom. The number of nitrogens with zero attached hydrogens (tertiary/aromatic N) is 2. The van der Waals surface area contributed by atoms with Crippen molar-refractivity contribution in [3.63, 3.8) is 0 Å². The average molecular weight is 427 g/mol. The van der Waals surface area contributed by atoms with Gasteiger partial charge in [0.2, 0.25) is 5.91 Å². The molecule has 5 atom stereocenters. The summed E-state index contributed by atoms with van der Waals surface area (Å²) in [6.07, 6.45) is 7.10. The first-order chi connectivity index (χ1) is 14.6. The Labute approximate surface area is 182 Å². The van der Waals surface area contributed by atoms with Gasteiger partial charge in [0.25, 0.3) is 0 Å². The highest BCUT2D eigenvalue weighted by molar-refractivity contribution is 7.71. The molecule has 3 saturated carbocycles. The van der Waals surface area contributed by atoms with Crippen molar-refractivity contribution >= 4 is 18.1 Å². The minimum Gasteiger partial charge on any atom is -0.494 e. The molecule has 2 N–H and O–H groups in total. The van der Waals surface area contributed by atoms with Crippen molar-refractivity contribution in [2.45, 2.75) is 58.0 Å². The lowest BCUT2D eigenvalue weighted by Gasteiger charge is -2.32. The van der Waals surface area contributed by atoms with E-state index in [-0.39, 0.29) is 5.91 Å². The summed E-state index contributed by atoms with van der Waals surface area (Å²) in [5.74, 6) is 5.08. The van der Waals surface area contributed by atoms with E-state index in [0.29, 0.717) is 36.3 Å². The summed E-state index contributed by atoms with van der Waals surface area (Å²) in [6.45, 7) is 3.13. The van der Waals surface area contributed by atoms with Crippen LogP contribution >= 0.6 is 12.2 Å². The van der Waals surface area contributed by atoms with Gasteiger partial charge in [-0.25, -0.2) is 0 Å². The normalized spacial score (nSPS) is 29.2. The van der Waals surface area contributed by atoms with Crippen LogP contribution in [-0.4, -0.2) is 33.3 Å². The van der Waals surface area contributed by atoms with E-state index in [1.807, 2.05) is 35.8 Å². The molecular weight excluding hydrogens is 396 g/mol. The molecule has 0 radical (unpaired) electrons. The Bertz CT molecular complexity index is 966. The van der Waals surface area contributed by atoms with Gasteiger partial charge in [0.15, 0.2) is 10.6 Å². The number of carbonyl (C=O) groups excluding carboxylic acids is 1. The van der Waals surface area contributed by atoms with Gasteiger partial charge in [-0.15, -0.1) is 0 Å². The third kappa shape index (κ3) is 3.57. The highest BCUT2D eigenvalue weighted by Gasteiger charge is 2.53. The maximum atomic E-state index is 12.7. The molecule has 1 aromatic carbocycles. The number of amides is 1. The topological polar surface area (TPSA) is 71.9 Å². The lowest BCUT2D eigenvalue weighted by atomic mass is 9.79. The summed E-state index contributed by atoms with van der Waals surface area (Å²) in [4.78, 5) is 12.7. The maximum absolute atomic E-state index is 12.7. The predicted octanol–water partition coefficient (Wildman–Crippen LogP) is 4.34. The molecule has 30 heavy (non-hydrogen) atoms. The summed E-state index contributed by atoms with van der Waals surface area (Å²) in [7, 11) is 0. The number of hydrogen-bond acceptors (Lipinski definition) is 4. The average Bonchev–Trinajstić information content (AvgIpc) is 3.49. The number of carbonyl (C=O) groups is 1. The molecule has 6 nitrogen and oxygen atoms in total. The van der Waals surface area contributed by atoms with Gasteiger partial charge in [0.1, 0.15) is 5.75 Å². The Morgan fingerprint density at radius 3 is 2.83 bits per heavy atom. The Kier molecular flexibility index (Phi) is 5.39. The van der Waals surface area contributed by atoms with E-state index in [1.165, 1.54) is 32.1 Å². The van der Waals surface area contributed by atoms with E-state index < -0.39 is 0 Å². The molecule has 0 saturated heterocycles. The zero-order chi connectivity index (χ0) is 20.7. The van der Waals surface area contributed by atoms with E-state index in [2.05, 4.69) is 15.5 Å². The molecule has 2 aromatic rings. The minimum absolute atomic E-state index is 0.128. The summed E-state index contributed by atoms with van der Waals surface area (Å²) >= 11 is 5.42. The van der Waals surface area contributed by atoms with Crippen LogP contribution < -0.4 is 10.1 Å². The zero-order valence-corrected chi connectivity index (χ0v) is 18.3. The third-order valence-corrected chi connectivity index (χ3v) is 7.83. The summed E-state index contributed by atoms with van der Waals surface area (Å²) in [6, 6.07) is 8.18. The smallest absolute Gasteiger partial charge is 0.222 e. The summed E-state index contributed by atoms with van der Waals surface area (Å²) in [5, 5.41) is 10.6. The number of benzene rings is 1. The van der Waals surface area contributed by atoms with Gasteiger partial charge >= 0.3 is 0 Å². The number of aromatic nitrogens is 3. The maximum Gasteiger partial charge on any atom is 0.222 e. The molecule has 1 heterocycles. The standard InChI is InChI=1S/C23H30N4O2S/c1-2-29-16-8-6-14(7-9-16)22-25-26-23(30)27(22)11-10-21(28)24-20-13-15-12-19(20)18-5-3-4-17(15)18/h6-9,15,17-20H,2-5,10-13H2,1H3,(H,24,28)(H,26,30)/t15-,17-,18-,19+,20-/m1/s1. The first kappa shape index (κ1) is 19.8. The van der Waals surface area contributed by atoms with Crippen molar-refractivity contribution in [2.24, 2.45) is 23.7 Å². The number of ether oxygens (including phenoxy) is 1. The van der Waals surface area contributed by atoms with Crippen LogP contribution in [0, 0.1) is 28.4 Å². The van der Waals surface area contributed by atoms with Crippen LogP contribution in [0.1, 0.15) is 45.4 Å². The first-order valence-electron chi connectivity index (χ1n) is 11.3. The Morgan fingerprint density at radius 2 is 2.03 bits per heavy atom. The molecule has 1 amide bonds. The molecule has 160 valence electrons. The fourth-order valence-electron chi connectivity index (χ4n) is 6.34. The van der Waals surface area contributed by atoms with Crippen molar-refractivity contribution in [2.75, 3.05) is 6.61 Å². The summed E-state index contributed by atoms with van der Waals surface area (Å²) < 4.78 is 7.97. The van der Waals surface area contributed by atoms with Crippen molar-refractivity contribution in [3.05, 3.63) is 29.0 Å². The SMILES string of the molecule is CCOc1ccc(-c2n[nH]c(=S)n2CCC(=O)N[C@@H]2C[C@H]3C[C@H]2[C@@H]2CCC[C@H]32)cc1. The van der Waals surface area contributed by atoms with Gasteiger partial charge in [-0.3, -0.25) is 14.5 Å². The van der Waals surface area contributed by atoms with Crippen molar-refractivity contribution in [1.82, 2.24) is 20.1 Å². The molecule has 7 heteroatoms. The van der Waals surface area contributed by atoms with Crippen LogP contribution in [-0.2, 0) is 11.3 Å². The van der Waals surface area contributed by atoms with Crippen LogP contribution in [0.5, 0.6) is 5.75 Å². The molecule has 3 fully saturated rings. The van der Waals surface area contributed by atoms with Crippen LogP contribution in [0.4, 0.5) is 0 Å². The largest absolute Gasteiger partial charge is 0.494 e. The number of H-pyrrole nitrogens is 1. The van der Waals surface area contributed by atoms with Crippen molar-refractivity contribution < 1.29 is 9.53 Å². The van der Waals surface area contributed by atoms with Crippen LogP contribution in [0.3, 0.4) is 0 Å². The second kappa shape index (κ2) is 8.17. The van der Waals surface area contributed by atoms with Gasteiger partial charge in [0.05, 0.1) is 6.61 Å². The van der Waals surface area contributed by atoms with Gasteiger partial charge in [-0.05, 0) is 92.8 Å². The van der Waals surface area contributed by atoms with Gasteiger partial charge in [0, 0.05) is 24.6 Å². The highest BCUT2D eigenvalue weighted by atomic mass is 32.1. The lowest BCUT2D eigenvalue weighted by Crippen LogP contribution is -2.42. The monoisotopic (exact) mass is 426 g/mol. The van der Waals surface area contributed by atoms with E-state index in [0.717, 1.165) is 34.9 Å². The molecule has 3 aliphatic carbocycles. The number of hydrogen-bond donors (Lipinski definition) is 2. The van der Waals surface area contributed by atoms with Crippen LogP contribution in [0.25, 0.3) is 11.4 Å². The Hall–Kier alpha value is -2.15. The number of fused-ring (bicyclic) bond motifs is 5. The minimum atomic E-state index is 0.128. The second-order valence-electron chi connectivity index (χ2n) is 9.04. The molecule has 0 aliphatic heterocycles. The summed E-state index contributed by atoms with van der Waals surface area (Å²) in [5.41, 5.74) is 0.951. The lowest BCUT2D eigenvalue weighted by molar-refractivity contribution is -0.122. The van der Waals surface area contributed by atoms with Gasteiger partial charge < -0.3 is 10.1 Å². The molecule has 5 rings (SSSR count). The van der Waals surface area contributed by atoms with E-state index >= 15 is 0 Å². The molecule has 2 bridgehead atoms. The zero-order valence-electron chi connectivity index (χ0n) is 17.5. The fraction of sp³-hybridized carbons (Fsp3) is 0.609. The number of aromatic amines is 1. The molecule has 1 aromatic heterocycles. The molecular formula is C23H30N4O2S. The fourth-order valence-corrected chi connectivity index (χ4v) is 6.56. The van der Waals surface area contributed by atoms with Crippen LogP contribution in [0.2, 0.25) is 0 Å². The quantitative estimate of drug-likeness (QED) is 0.646. The molecule has 0 unspecified atom stereocenters. The number of nitrogens with one attached hydrogen (secondary N) is 2. The van der Waals surface area contributed by atoms with Crippen molar-refractivity contribution in [3.8, 4) is 17.1 Å². The van der Waals surface area contributed by atoms with E-state index in [4.69, 9.17) is 17.0 Å². The van der Waals surface area contributed by atoms with Crippen LogP contribution in [0.15, 0.2) is 24.3 Å². The molecule has 3 aliphatic rings. The first-order valence-corrected chi connectivity index (χ1v) is 11.7.